The molecule has 3 rings (SSSR count). The van der Waals surface area contributed by atoms with E-state index in [-0.39, 0.29) is 18.3 Å². The molecule has 8 heteroatoms. The summed E-state index contributed by atoms with van der Waals surface area (Å²) in [5.41, 5.74) is 1.54. The number of halogens is 2. The van der Waals surface area contributed by atoms with Crippen LogP contribution in [0.25, 0.3) is 10.2 Å². The van der Waals surface area contributed by atoms with Crippen LogP contribution in [0.5, 0.6) is 0 Å². The Morgan fingerprint density at radius 3 is 2.41 bits per heavy atom. The molecule has 0 unspecified atom stereocenters. The van der Waals surface area contributed by atoms with Crippen LogP contribution >= 0.6 is 47.1 Å². The lowest BCUT2D eigenvalue weighted by atomic mass is 10.2. The minimum atomic E-state index is -0.0482. The van der Waals surface area contributed by atoms with Gasteiger partial charge in [-0.2, -0.15) is 0 Å². The first kappa shape index (κ1) is 24.0. The summed E-state index contributed by atoms with van der Waals surface area (Å²) in [7, 11) is 0. The average Bonchev–Trinajstić information content (AvgIpc) is 3.14. The van der Waals surface area contributed by atoms with E-state index in [0.717, 1.165) is 35.0 Å². The van der Waals surface area contributed by atoms with Crippen molar-refractivity contribution in [1.82, 2.24) is 9.88 Å². The Labute approximate surface area is 191 Å². The van der Waals surface area contributed by atoms with Crippen LogP contribution in [-0.4, -0.2) is 48.2 Å². The number of aromatic nitrogens is 1. The van der Waals surface area contributed by atoms with Crippen molar-refractivity contribution in [2.24, 2.45) is 0 Å². The Balaban J connectivity index is 0.00000300. The van der Waals surface area contributed by atoms with Crippen molar-refractivity contribution in [3.8, 4) is 0 Å². The van der Waals surface area contributed by atoms with Gasteiger partial charge < -0.3 is 4.90 Å². The van der Waals surface area contributed by atoms with Crippen molar-refractivity contribution in [2.45, 2.75) is 18.7 Å². The maximum atomic E-state index is 13.3. The molecule has 0 spiro atoms. The third kappa shape index (κ3) is 5.86. The highest BCUT2D eigenvalue weighted by atomic mass is 35.5. The first-order valence-corrected chi connectivity index (χ1v) is 11.7. The average molecular weight is 470 g/mol. The number of hydrogen-bond acceptors (Lipinski definition) is 5. The Hall–Kier alpha value is -1.31. The normalized spacial score (nSPS) is 10.9. The maximum Gasteiger partial charge on any atom is 0.260 e. The summed E-state index contributed by atoms with van der Waals surface area (Å²) in [4.78, 5) is 23.3. The highest BCUT2D eigenvalue weighted by Gasteiger charge is 2.22. The molecule has 1 amide bonds. The number of anilines is 1. The molecule has 2 aromatic carbocycles. The second-order valence-corrected chi connectivity index (χ2v) is 8.65. The zero-order valence-corrected chi connectivity index (χ0v) is 19.9. The molecule has 0 fully saturated rings. The van der Waals surface area contributed by atoms with Crippen molar-refractivity contribution in [3.05, 3.63) is 53.1 Å². The van der Waals surface area contributed by atoms with Crippen molar-refractivity contribution in [2.75, 3.05) is 37.3 Å². The SMILES string of the molecule is CCN(CC)CCN(C(=O)c1ccc(Cl)cc1)c1nc2ccc(SC)cc2s1.Cl. The number of amides is 1. The summed E-state index contributed by atoms with van der Waals surface area (Å²) in [6.45, 7) is 7.58. The molecule has 0 saturated carbocycles. The standard InChI is InChI=1S/C21H24ClN3OS2.ClH/c1-4-24(5-2)12-13-25(20(26)15-6-8-16(22)9-7-15)21-23-18-11-10-17(27-3)14-19(18)28-21;/h6-11,14H,4-5,12-13H2,1-3H3;1H. The number of hydrogen-bond donors (Lipinski definition) is 0. The van der Waals surface area contributed by atoms with E-state index in [0.29, 0.717) is 17.1 Å². The lowest BCUT2D eigenvalue weighted by molar-refractivity contribution is 0.0984. The number of carbonyl (C=O) groups excluding carboxylic acids is 1. The fraction of sp³-hybridized carbons (Fsp3) is 0.333. The molecule has 0 saturated heterocycles. The van der Waals surface area contributed by atoms with Crippen LogP contribution in [0.15, 0.2) is 47.4 Å². The molecule has 0 bridgehead atoms. The number of thioether (sulfide) groups is 1. The van der Waals surface area contributed by atoms with E-state index >= 15 is 0 Å². The zero-order valence-electron chi connectivity index (χ0n) is 16.7. The van der Waals surface area contributed by atoms with Crippen molar-refractivity contribution in [1.29, 1.82) is 0 Å². The van der Waals surface area contributed by atoms with Gasteiger partial charge in [0.1, 0.15) is 0 Å². The van der Waals surface area contributed by atoms with Gasteiger partial charge in [0.25, 0.3) is 5.91 Å². The highest BCUT2D eigenvalue weighted by molar-refractivity contribution is 7.98. The molecule has 156 valence electrons. The van der Waals surface area contributed by atoms with Gasteiger partial charge in [-0.05, 0) is 61.8 Å². The molecular weight excluding hydrogens is 445 g/mol. The predicted molar refractivity (Wildman–Crippen MR) is 130 cm³/mol. The maximum absolute atomic E-state index is 13.3. The van der Waals surface area contributed by atoms with Crippen LogP contribution in [0.3, 0.4) is 0 Å². The smallest absolute Gasteiger partial charge is 0.260 e. The van der Waals surface area contributed by atoms with Crippen molar-refractivity contribution >= 4 is 68.4 Å². The topological polar surface area (TPSA) is 36.4 Å². The molecule has 0 radical (unpaired) electrons. The molecule has 0 aliphatic heterocycles. The molecular formula is C21H25Cl2N3OS2. The van der Waals surface area contributed by atoms with Gasteiger partial charge in [0.15, 0.2) is 5.13 Å². The Bertz CT molecular complexity index is 943. The Kier molecular flexibility index (Phi) is 9.24. The molecule has 29 heavy (non-hydrogen) atoms. The number of benzene rings is 2. The van der Waals surface area contributed by atoms with E-state index in [1.54, 1.807) is 52.3 Å². The third-order valence-electron chi connectivity index (χ3n) is 4.69. The Morgan fingerprint density at radius 2 is 1.79 bits per heavy atom. The van der Waals surface area contributed by atoms with E-state index in [1.165, 1.54) is 4.90 Å². The van der Waals surface area contributed by atoms with Crippen molar-refractivity contribution < 1.29 is 4.79 Å². The van der Waals surface area contributed by atoms with Crippen LogP contribution in [0, 0.1) is 0 Å². The fourth-order valence-corrected chi connectivity index (χ4v) is 4.62. The fourth-order valence-electron chi connectivity index (χ4n) is 2.95. The molecule has 0 aliphatic carbocycles. The second kappa shape index (κ2) is 11.2. The van der Waals surface area contributed by atoms with Gasteiger partial charge in [0.2, 0.25) is 0 Å². The van der Waals surface area contributed by atoms with Gasteiger partial charge in [0, 0.05) is 28.6 Å². The van der Waals surface area contributed by atoms with Crippen LogP contribution in [0.1, 0.15) is 24.2 Å². The molecule has 0 N–H and O–H groups in total. The van der Waals surface area contributed by atoms with Crippen LogP contribution in [-0.2, 0) is 0 Å². The van der Waals surface area contributed by atoms with Gasteiger partial charge in [0.05, 0.1) is 10.2 Å². The predicted octanol–water partition coefficient (Wildman–Crippen LogP) is 6.08. The number of fused-ring (bicyclic) bond motifs is 1. The van der Waals surface area contributed by atoms with Crippen LogP contribution in [0.2, 0.25) is 5.02 Å². The molecule has 3 aromatic rings. The highest BCUT2D eigenvalue weighted by Crippen LogP contribution is 2.32. The monoisotopic (exact) mass is 469 g/mol. The van der Waals surface area contributed by atoms with Crippen LogP contribution < -0.4 is 4.90 Å². The van der Waals surface area contributed by atoms with Gasteiger partial charge in [-0.3, -0.25) is 9.69 Å². The summed E-state index contributed by atoms with van der Waals surface area (Å²) in [6.07, 6.45) is 2.06. The lowest BCUT2D eigenvalue weighted by Gasteiger charge is -2.24. The van der Waals surface area contributed by atoms with E-state index in [9.17, 15) is 4.79 Å². The molecule has 0 atom stereocenters. The summed E-state index contributed by atoms with van der Waals surface area (Å²) >= 11 is 9.26. The summed E-state index contributed by atoms with van der Waals surface area (Å²) in [6, 6.07) is 13.3. The third-order valence-corrected chi connectivity index (χ3v) is 6.70. The summed E-state index contributed by atoms with van der Waals surface area (Å²) in [5.74, 6) is -0.0482. The van der Waals surface area contributed by atoms with Gasteiger partial charge in [-0.25, -0.2) is 4.98 Å². The molecule has 1 aromatic heterocycles. The number of nitrogens with zero attached hydrogens (tertiary/aromatic N) is 3. The zero-order chi connectivity index (χ0) is 20.1. The quantitative estimate of drug-likeness (QED) is 0.374. The molecule has 1 heterocycles. The largest absolute Gasteiger partial charge is 0.302 e. The van der Waals surface area contributed by atoms with E-state index in [4.69, 9.17) is 16.6 Å². The van der Waals surface area contributed by atoms with Crippen molar-refractivity contribution in [3.63, 3.8) is 0 Å². The van der Waals surface area contributed by atoms with Crippen LogP contribution in [0.4, 0.5) is 5.13 Å². The number of likely N-dealkylation sites (N-methyl/N-ethyl adjacent to an activating group) is 1. The summed E-state index contributed by atoms with van der Waals surface area (Å²) < 4.78 is 1.10. The number of rotatable bonds is 8. The second-order valence-electron chi connectivity index (χ2n) is 6.32. The molecule has 4 nitrogen and oxygen atoms in total. The van der Waals surface area contributed by atoms with Gasteiger partial charge >= 0.3 is 0 Å². The minimum Gasteiger partial charge on any atom is -0.302 e. The van der Waals surface area contributed by atoms with Gasteiger partial charge in [-0.15, -0.1) is 24.2 Å². The van der Waals surface area contributed by atoms with Gasteiger partial charge in [-0.1, -0.05) is 36.8 Å². The van der Waals surface area contributed by atoms with E-state index in [1.807, 2.05) is 6.07 Å². The van der Waals surface area contributed by atoms with E-state index in [2.05, 4.69) is 37.1 Å². The number of carbonyl (C=O) groups is 1. The minimum absolute atomic E-state index is 0. The first-order chi connectivity index (χ1) is 13.5. The Morgan fingerprint density at radius 1 is 1.10 bits per heavy atom. The summed E-state index contributed by atoms with van der Waals surface area (Å²) in [5, 5.41) is 1.36. The first-order valence-electron chi connectivity index (χ1n) is 9.30. The van der Waals surface area contributed by atoms with E-state index < -0.39 is 0 Å². The number of thiazole rings is 1. The molecule has 0 aliphatic rings. The lowest BCUT2D eigenvalue weighted by Crippen LogP contribution is -2.38.